The Balaban J connectivity index is 2.14. The number of carbonyl (C=O) groups excluding carboxylic acids is 2. The van der Waals surface area contributed by atoms with Crippen molar-refractivity contribution in [2.75, 3.05) is 18.4 Å². The standard InChI is InChI=1S/C35H53N3O2/c1-6-7-8-9-10-11-12-13-14-15-16-17-18-19-20-21-22-26-33(39)36-27-28-37-35(40)38-34-31(29(2)3)24-23-25-32(34)30(4)5/h7-8,10-11,13-14,16-17,19-20,23-25,29-30H,6,9,12,15,18,21-22,26-28H2,1-5H3,(H,36,39)(H2,37,38,40)/b8-7+,11-10+,14-13+,17-16+,20-19+. The summed E-state index contributed by atoms with van der Waals surface area (Å²) in [6.45, 7) is 11.4. The Morgan fingerprint density at radius 1 is 0.700 bits per heavy atom. The molecule has 0 aliphatic heterocycles. The Hall–Kier alpha value is -3.34. The molecule has 3 N–H and O–H groups in total. The average Bonchev–Trinajstić information content (AvgIpc) is 2.92. The lowest BCUT2D eigenvalue weighted by Gasteiger charge is -2.20. The summed E-state index contributed by atoms with van der Waals surface area (Å²) in [6, 6.07) is 5.92. The van der Waals surface area contributed by atoms with E-state index in [1.165, 1.54) is 0 Å². The van der Waals surface area contributed by atoms with Gasteiger partial charge in [0.25, 0.3) is 0 Å². The van der Waals surface area contributed by atoms with Crippen molar-refractivity contribution in [3.8, 4) is 0 Å². The van der Waals surface area contributed by atoms with Gasteiger partial charge in [0.2, 0.25) is 5.91 Å². The van der Waals surface area contributed by atoms with Gasteiger partial charge in [-0.25, -0.2) is 4.79 Å². The molecule has 3 amide bonds. The van der Waals surface area contributed by atoms with Crippen molar-refractivity contribution in [2.24, 2.45) is 0 Å². The van der Waals surface area contributed by atoms with E-state index >= 15 is 0 Å². The van der Waals surface area contributed by atoms with Crippen LogP contribution in [0.4, 0.5) is 10.5 Å². The number of anilines is 1. The quantitative estimate of drug-likeness (QED) is 0.119. The Morgan fingerprint density at radius 2 is 1.18 bits per heavy atom. The number of unbranched alkanes of at least 4 members (excludes halogenated alkanes) is 1. The molecule has 5 nitrogen and oxygen atoms in total. The summed E-state index contributed by atoms with van der Waals surface area (Å²) < 4.78 is 0. The number of hydrogen-bond acceptors (Lipinski definition) is 2. The normalized spacial score (nSPS) is 12.3. The molecule has 0 saturated carbocycles. The molecule has 1 aromatic carbocycles. The van der Waals surface area contributed by atoms with Crippen molar-refractivity contribution in [2.45, 2.75) is 97.8 Å². The first-order valence-electron chi connectivity index (χ1n) is 15.1. The third-order valence-electron chi connectivity index (χ3n) is 6.28. The molecular formula is C35H53N3O2. The monoisotopic (exact) mass is 547 g/mol. The summed E-state index contributed by atoms with van der Waals surface area (Å²) in [6.07, 6.45) is 29.0. The number of hydrogen-bond donors (Lipinski definition) is 3. The van der Waals surface area contributed by atoms with Crippen LogP contribution in [0.3, 0.4) is 0 Å². The van der Waals surface area contributed by atoms with Gasteiger partial charge in [-0.15, -0.1) is 0 Å². The minimum Gasteiger partial charge on any atom is -0.354 e. The van der Waals surface area contributed by atoms with Gasteiger partial charge in [-0.05, 0) is 67.9 Å². The predicted molar refractivity (Wildman–Crippen MR) is 173 cm³/mol. The fraction of sp³-hybridized carbons (Fsp3) is 0.486. The van der Waals surface area contributed by atoms with E-state index in [1.807, 2.05) is 6.07 Å². The number of rotatable bonds is 19. The zero-order valence-corrected chi connectivity index (χ0v) is 25.5. The van der Waals surface area contributed by atoms with Crippen molar-refractivity contribution in [3.63, 3.8) is 0 Å². The highest BCUT2D eigenvalue weighted by Gasteiger charge is 2.15. The van der Waals surface area contributed by atoms with E-state index in [2.05, 4.69) is 123 Å². The van der Waals surface area contributed by atoms with Crippen molar-refractivity contribution in [1.29, 1.82) is 0 Å². The zero-order valence-electron chi connectivity index (χ0n) is 25.5. The largest absolute Gasteiger partial charge is 0.354 e. The molecule has 5 heteroatoms. The maximum Gasteiger partial charge on any atom is 0.319 e. The molecule has 220 valence electrons. The van der Waals surface area contributed by atoms with Crippen LogP contribution in [0.2, 0.25) is 0 Å². The van der Waals surface area contributed by atoms with Gasteiger partial charge in [-0.3, -0.25) is 4.79 Å². The minimum absolute atomic E-state index is 0.0156. The number of benzene rings is 1. The molecule has 0 aliphatic carbocycles. The third-order valence-corrected chi connectivity index (χ3v) is 6.28. The SMILES string of the molecule is CC/C=C/C/C=C/C/C=C/C/C=C/C/C=C/CCCC(=O)NCCNC(=O)Nc1c(C(C)C)cccc1C(C)C. The molecule has 0 atom stereocenters. The lowest BCUT2D eigenvalue weighted by atomic mass is 9.93. The molecule has 1 aromatic rings. The van der Waals surface area contributed by atoms with Gasteiger partial charge < -0.3 is 16.0 Å². The molecule has 1 rings (SSSR count). The average molecular weight is 548 g/mol. The van der Waals surface area contributed by atoms with Gasteiger partial charge in [-0.1, -0.05) is 114 Å². The van der Waals surface area contributed by atoms with Crippen LogP contribution in [-0.2, 0) is 4.79 Å². The van der Waals surface area contributed by atoms with Crippen LogP contribution in [0.5, 0.6) is 0 Å². The zero-order chi connectivity index (χ0) is 29.4. The van der Waals surface area contributed by atoms with Gasteiger partial charge in [0, 0.05) is 25.2 Å². The molecule has 0 fully saturated rings. The van der Waals surface area contributed by atoms with E-state index in [4.69, 9.17) is 0 Å². The first kappa shape index (κ1) is 34.7. The molecule has 0 aliphatic rings. The summed E-state index contributed by atoms with van der Waals surface area (Å²) in [5.41, 5.74) is 3.15. The first-order chi connectivity index (χ1) is 19.4. The molecule has 0 saturated heterocycles. The minimum atomic E-state index is -0.248. The van der Waals surface area contributed by atoms with E-state index in [9.17, 15) is 9.59 Å². The molecule has 0 spiro atoms. The summed E-state index contributed by atoms with van der Waals surface area (Å²) >= 11 is 0. The molecule has 0 bridgehead atoms. The number of urea groups is 1. The topological polar surface area (TPSA) is 70.2 Å². The summed E-state index contributed by atoms with van der Waals surface area (Å²) in [4.78, 5) is 24.6. The fourth-order valence-corrected chi connectivity index (χ4v) is 4.07. The number of allylic oxidation sites excluding steroid dienone is 10. The van der Waals surface area contributed by atoms with Gasteiger partial charge in [0.1, 0.15) is 0 Å². The molecule has 0 radical (unpaired) electrons. The number of amides is 3. The van der Waals surface area contributed by atoms with Gasteiger partial charge in [0.15, 0.2) is 0 Å². The van der Waals surface area contributed by atoms with Crippen LogP contribution in [0, 0.1) is 0 Å². The Kier molecular flexibility index (Phi) is 19.5. The summed E-state index contributed by atoms with van der Waals surface area (Å²) in [5, 5.41) is 8.77. The van der Waals surface area contributed by atoms with Gasteiger partial charge in [-0.2, -0.15) is 0 Å². The third kappa shape index (κ3) is 16.6. The molecular weight excluding hydrogens is 494 g/mol. The molecule has 0 aromatic heterocycles. The van der Waals surface area contributed by atoms with Crippen molar-refractivity contribution < 1.29 is 9.59 Å². The second-order valence-corrected chi connectivity index (χ2v) is 10.5. The highest BCUT2D eigenvalue weighted by molar-refractivity contribution is 5.91. The predicted octanol–water partition coefficient (Wildman–Crippen LogP) is 9.09. The van der Waals surface area contributed by atoms with Crippen molar-refractivity contribution in [1.82, 2.24) is 10.6 Å². The van der Waals surface area contributed by atoms with E-state index in [0.29, 0.717) is 31.3 Å². The van der Waals surface area contributed by atoms with Crippen molar-refractivity contribution in [3.05, 3.63) is 90.1 Å². The summed E-state index contributed by atoms with van der Waals surface area (Å²) in [7, 11) is 0. The lowest BCUT2D eigenvalue weighted by Crippen LogP contribution is -2.37. The van der Waals surface area contributed by atoms with E-state index in [1.54, 1.807) is 0 Å². The van der Waals surface area contributed by atoms with Crippen LogP contribution in [0.1, 0.15) is 109 Å². The van der Waals surface area contributed by atoms with Crippen molar-refractivity contribution >= 4 is 17.6 Å². The summed E-state index contributed by atoms with van der Waals surface area (Å²) in [5.74, 6) is 0.632. The van der Waals surface area contributed by atoms with Crippen LogP contribution in [0.15, 0.2) is 79.0 Å². The van der Waals surface area contributed by atoms with E-state index < -0.39 is 0 Å². The van der Waals surface area contributed by atoms with Gasteiger partial charge >= 0.3 is 6.03 Å². The molecule has 0 heterocycles. The Bertz CT molecular complexity index is 974. The maximum absolute atomic E-state index is 12.5. The Labute approximate surface area is 244 Å². The molecule has 40 heavy (non-hydrogen) atoms. The second kappa shape index (κ2) is 22.5. The maximum atomic E-state index is 12.5. The highest BCUT2D eigenvalue weighted by Crippen LogP contribution is 2.32. The second-order valence-electron chi connectivity index (χ2n) is 10.5. The van der Waals surface area contributed by atoms with E-state index in [0.717, 1.165) is 61.8 Å². The van der Waals surface area contributed by atoms with Crippen LogP contribution in [-0.4, -0.2) is 25.0 Å². The van der Waals surface area contributed by atoms with Gasteiger partial charge in [0.05, 0.1) is 0 Å². The number of nitrogens with one attached hydrogen (secondary N) is 3. The molecule has 0 unspecified atom stereocenters. The first-order valence-corrected chi connectivity index (χ1v) is 15.1. The van der Waals surface area contributed by atoms with Crippen LogP contribution in [0.25, 0.3) is 0 Å². The number of para-hydroxylation sites is 1. The van der Waals surface area contributed by atoms with Crippen LogP contribution >= 0.6 is 0 Å². The highest BCUT2D eigenvalue weighted by atomic mass is 16.2. The van der Waals surface area contributed by atoms with E-state index in [-0.39, 0.29) is 11.9 Å². The fourth-order valence-electron chi connectivity index (χ4n) is 4.07. The van der Waals surface area contributed by atoms with Crippen LogP contribution < -0.4 is 16.0 Å². The lowest BCUT2D eigenvalue weighted by molar-refractivity contribution is -0.121. The Morgan fingerprint density at radius 3 is 1.68 bits per heavy atom. The smallest absolute Gasteiger partial charge is 0.319 e. The number of carbonyl (C=O) groups is 2.